The van der Waals surface area contributed by atoms with Gasteiger partial charge < -0.3 is 14.6 Å². The van der Waals surface area contributed by atoms with Crippen molar-refractivity contribution in [2.45, 2.75) is 67.2 Å². The van der Waals surface area contributed by atoms with Gasteiger partial charge in [-0.1, -0.05) is 84.4 Å². The fraction of sp³-hybridized carbons (Fsp3) is 0.480. The molecule has 0 saturated heterocycles. The van der Waals surface area contributed by atoms with Crippen LogP contribution in [0.5, 0.6) is 11.5 Å². The van der Waals surface area contributed by atoms with Crippen molar-refractivity contribution in [3.8, 4) is 11.5 Å². The largest absolute Gasteiger partial charge is 0.493 e. The number of carboxylic acid groups (broad SMARTS) is 1. The molecule has 164 valence electrons. The Balaban J connectivity index is 0. The molecular weight excluding hydrogens is 364 g/mol. The van der Waals surface area contributed by atoms with Crippen LogP contribution in [0, 0.1) is 0 Å². The molecule has 4 nitrogen and oxygen atoms in total. The zero-order valence-electron chi connectivity index (χ0n) is 19.3. The van der Waals surface area contributed by atoms with Crippen molar-refractivity contribution in [3.05, 3.63) is 59.7 Å². The minimum Gasteiger partial charge on any atom is -0.493 e. The Morgan fingerprint density at radius 1 is 0.862 bits per heavy atom. The highest BCUT2D eigenvalue weighted by atomic mass is 16.5. The van der Waals surface area contributed by atoms with Crippen LogP contribution in [0.1, 0.15) is 65.5 Å². The molecule has 2 rings (SSSR count). The fourth-order valence-electron chi connectivity index (χ4n) is 2.40. The van der Waals surface area contributed by atoms with Crippen molar-refractivity contribution >= 4 is 5.97 Å². The maximum Gasteiger partial charge on any atom is 0.306 e. The topological polar surface area (TPSA) is 55.8 Å². The minimum atomic E-state index is -0.875. The summed E-state index contributed by atoms with van der Waals surface area (Å²) in [6, 6.07) is 15.8. The summed E-state index contributed by atoms with van der Waals surface area (Å²) in [5.41, 5.74) is 3.03. The SMILES string of the molecule is CC.CC.CCCc1ccccc1CC.COc1ccccc1OCCC(=O)O. The highest BCUT2D eigenvalue weighted by Crippen LogP contribution is 2.25. The molecule has 2 aromatic carbocycles. The summed E-state index contributed by atoms with van der Waals surface area (Å²) in [4.78, 5) is 10.2. The first-order valence-corrected chi connectivity index (χ1v) is 10.7. The molecule has 29 heavy (non-hydrogen) atoms. The number of carboxylic acids is 1. The molecule has 0 aliphatic carbocycles. The van der Waals surface area contributed by atoms with E-state index in [-0.39, 0.29) is 13.0 Å². The number of aryl methyl sites for hydroxylation is 2. The van der Waals surface area contributed by atoms with E-state index >= 15 is 0 Å². The average Bonchev–Trinajstić information content (AvgIpc) is 2.78. The standard InChI is InChI=1S/C11H16.C10H12O4.2C2H6/c1-3-7-11-9-6-5-8-10(11)4-2;1-13-8-4-2-3-5-9(8)14-7-6-10(11)12;2*1-2/h5-6,8-9H,3-4,7H2,1-2H3;2-5H,6-7H2,1H3,(H,11,12);2*1-2H3. The summed E-state index contributed by atoms with van der Waals surface area (Å²) in [6.07, 6.45) is 3.62. The van der Waals surface area contributed by atoms with E-state index in [1.165, 1.54) is 24.0 Å². The van der Waals surface area contributed by atoms with E-state index < -0.39 is 5.97 Å². The normalized spacial score (nSPS) is 8.79. The Hall–Kier alpha value is -2.49. The summed E-state index contributed by atoms with van der Waals surface area (Å²) in [7, 11) is 1.54. The second kappa shape index (κ2) is 20.2. The maximum absolute atomic E-state index is 10.2. The quantitative estimate of drug-likeness (QED) is 0.525. The van der Waals surface area contributed by atoms with Gasteiger partial charge in [0.25, 0.3) is 0 Å². The highest BCUT2D eigenvalue weighted by Gasteiger charge is 2.03. The third-order valence-corrected chi connectivity index (χ3v) is 3.66. The molecule has 0 aliphatic heterocycles. The maximum atomic E-state index is 10.2. The lowest BCUT2D eigenvalue weighted by Crippen LogP contribution is -2.05. The number of rotatable bonds is 8. The van der Waals surface area contributed by atoms with Crippen molar-refractivity contribution in [1.29, 1.82) is 0 Å². The van der Waals surface area contributed by atoms with E-state index in [4.69, 9.17) is 14.6 Å². The molecule has 0 unspecified atom stereocenters. The summed E-state index contributed by atoms with van der Waals surface area (Å²) in [5, 5.41) is 8.41. The number of para-hydroxylation sites is 2. The Morgan fingerprint density at radius 2 is 1.38 bits per heavy atom. The lowest BCUT2D eigenvalue weighted by Gasteiger charge is -2.08. The Morgan fingerprint density at radius 3 is 1.86 bits per heavy atom. The molecule has 0 heterocycles. The van der Waals surface area contributed by atoms with E-state index in [9.17, 15) is 4.79 Å². The zero-order valence-corrected chi connectivity index (χ0v) is 19.3. The van der Waals surface area contributed by atoms with Gasteiger partial charge in [0.1, 0.15) is 0 Å². The van der Waals surface area contributed by atoms with E-state index in [2.05, 4.69) is 38.1 Å². The predicted octanol–water partition coefficient (Wildman–Crippen LogP) is 6.80. The molecule has 0 bridgehead atoms. The van der Waals surface area contributed by atoms with Crippen LogP contribution in [0.3, 0.4) is 0 Å². The van der Waals surface area contributed by atoms with Crippen molar-refractivity contribution in [1.82, 2.24) is 0 Å². The molecule has 0 aromatic heterocycles. The van der Waals surface area contributed by atoms with E-state index in [0.29, 0.717) is 11.5 Å². The molecule has 0 amide bonds. The molecule has 2 aromatic rings. The molecular formula is C25H40O4. The third-order valence-electron chi connectivity index (χ3n) is 3.66. The van der Waals surface area contributed by atoms with Gasteiger partial charge in [-0.2, -0.15) is 0 Å². The molecule has 0 saturated carbocycles. The van der Waals surface area contributed by atoms with Gasteiger partial charge in [-0.3, -0.25) is 4.79 Å². The van der Waals surface area contributed by atoms with Gasteiger partial charge in [0, 0.05) is 0 Å². The van der Waals surface area contributed by atoms with E-state index in [0.717, 1.165) is 6.42 Å². The van der Waals surface area contributed by atoms with Crippen molar-refractivity contribution < 1.29 is 19.4 Å². The smallest absolute Gasteiger partial charge is 0.306 e. The summed E-state index contributed by atoms with van der Waals surface area (Å²) in [6.45, 7) is 12.6. The Bertz CT molecular complexity index is 638. The van der Waals surface area contributed by atoms with Gasteiger partial charge in [0.2, 0.25) is 0 Å². The first-order chi connectivity index (χ1) is 14.1. The second-order valence-corrected chi connectivity index (χ2v) is 5.52. The van der Waals surface area contributed by atoms with Gasteiger partial charge in [0.05, 0.1) is 20.1 Å². The van der Waals surface area contributed by atoms with E-state index in [1.54, 1.807) is 25.3 Å². The van der Waals surface area contributed by atoms with Gasteiger partial charge in [-0.05, 0) is 36.1 Å². The molecule has 1 N–H and O–H groups in total. The monoisotopic (exact) mass is 404 g/mol. The molecule has 0 spiro atoms. The molecule has 0 aliphatic rings. The Kier molecular flexibility index (Phi) is 20.1. The lowest BCUT2D eigenvalue weighted by atomic mass is 10.0. The lowest BCUT2D eigenvalue weighted by molar-refractivity contribution is -0.137. The molecule has 4 heteroatoms. The van der Waals surface area contributed by atoms with Crippen molar-refractivity contribution in [2.24, 2.45) is 0 Å². The predicted molar refractivity (Wildman–Crippen MR) is 123 cm³/mol. The van der Waals surface area contributed by atoms with Crippen LogP contribution in [-0.4, -0.2) is 24.8 Å². The summed E-state index contributed by atoms with van der Waals surface area (Å²) in [5.74, 6) is 0.300. The van der Waals surface area contributed by atoms with E-state index in [1.807, 2.05) is 33.8 Å². The van der Waals surface area contributed by atoms with Crippen molar-refractivity contribution in [2.75, 3.05) is 13.7 Å². The van der Waals surface area contributed by atoms with Crippen molar-refractivity contribution in [3.63, 3.8) is 0 Å². The number of aliphatic carboxylic acids is 1. The van der Waals surface area contributed by atoms with Gasteiger partial charge >= 0.3 is 5.97 Å². The van der Waals surface area contributed by atoms with Crippen LogP contribution in [0.25, 0.3) is 0 Å². The molecule has 0 radical (unpaired) electrons. The molecule has 0 fully saturated rings. The second-order valence-electron chi connectivity index (χ2n) is 5.52. The zero-order chi connectivity index (χ0) is 22.5. The summed E-state index contributed by atoms with van der Waals surface area (Å²) >= 11 is 0. The molecule has 0 atom stereocenters. The first kappa shape index (κ1) is 28.7. The number of methoxy groups -OCH3 is 1. The number of hydrogen-bond donors (Lipinski definition) is 1. The number of ether oxygens (including phenoxy) is 2. The van der Waals surface area contributed by atoms with Crippen LogP contribution in [0.4, 0.5) is 0 Å². The fourth-order valence-corrected chi connectivity index (χ4v) is 2.40. The average molecular weight is 405 g/mol. The van der Waals surface area contributed by atoms with Crippen LogP contribution >= 0.6 is 0 Å². The third kappa shape index (κ3) is 13.3. The van der Waals surface area contributed by atoms with Crippen LogP contribution < -0.4 is 9.47 Å². The van der Waals surface area contributed by atoms with Gasteiger partial charge in [-0.25, -0.2) is 0 Å². The van der Waals surface area contributed by atoms with Gasteiger partial charge in [-0.15, -0.1) is 0 Å². The van der Waals surface area contributed by atoms with Crippen LogP contribution in [-0.2, 0) is 17.6 Å². The van der Waals surface area contributed by atoms with Crippen LogP contribution in [0.15, 0.2) is 48.5 Å². The first-order valence-electron chi connectivity index (χ1n) is 10.7. The number of hydrogen-bond acceptors (Lipinski definition) is 3. The number of carbonyl (C=O) groups is 1. The Labute approximate surface area is 177 Å². The summed E-state index contributed by atoms with van der Waals surface area (Å²) < 4.78 is 10.3. The highest BCUT2D eigenvalue weighted by molar-refractivity contribution is 5.66. The van der Waals surface area contributed by atoms with Gasteiger partial charge in [0.15, 0.2) is 11.5 Å². The number of benzene rings is 2. The van der Waals surface area contributed by atoms with Crippen LogP contribution in [0.2, 0.25) is 0 Å². The minimum absolute atomic E-state index is 0.0158.